The lowest BCUT2D eigenvalue weighted by Crippen LogP contribution is -2.16. The van der Waals surface area contributed by atoms with Gasteiger partial charge in [0.05, 0.1) is 19.3 Å². The minimum Gasteiger partial charge on any atom is -0.495 e. The normalized spacial score (nSPS) is 13.9. The number of carbonyl (C=O) groups is 1. The molecule has 1 heterocycles. The number of amides is 1. The van der Waals surface area contributed by atoms with Crippen LogP contribution in [0.25, 0.3) is 0 Å². The summed E-state index contributed by atoms with van der Waals surface area (Å²) in [7, 11) is 1.62. The number of nitrogens with zero attached hydrogens (tertiary/aromatic N) is 1. The summed E-state index contributed by atoms with van der Waals surface area (Å²) in [6.45, 7) is 7.34. The van der Waals surface area contributed by atoms with Crippen LogP contribution in [-0.4, -0.2) is 29.7 Å². The van der Waals surface area contributed by atoms with Crippen LogP contribution in [0.4, 0.5) is 5.69 Å². The third-order valence-corrected chi connectivity index (χ3v) is 6.79. The molecule has 3 rings (SSSR count). The van der Waals surface area contributed by atoms with E-state index in [0.29, 0.717) is 17.0 Å². The van der Waals surface area contributed by atoms with Crippen LogP contribution in [0.15, 0.2) is 47.5 Å². The Balaban J connectivity index is 1.81. The summed E-state index contributed by atoms with van der Waals surface area (Å²) in [5, 5.41) is 3.05. The van der Waals surface area contributed by atoms with Gasteiger partial charge >= 0.3 is 0 Å². The lowest BCUT2D eigenvalue weighted by atomic mass is 9.87. The van der Waals surface area contributed by atoms with Crippen LogP contribution in [0.2, 0.25) is 0 Å². The van der Waals surface area contributed by atoms with Gasteiger partial charge in [0.15, 0.2) is 0 Å². The van der Waals surface area contributed by atoms with Gasteiger partial charge in [-0.1, -0.05) is 68.6 Å². The van der Waals surface area contributed by atoms with E-state index in [4.69, 9.17) is 4.74 Å². The molecule has 4 nitrogen and oxygen atoms in total. The second kappa shape index (κ2) is 9.05. The van der Waals surface area contributed by atoms with Crippen molar-refractivity contribution < 1.29 is 9.53 Å². The number of rotatable bonds is 5. The van der Waals surface area contributed by atoms with Crippen molar-refractivity contribution in [1.82, 2.24) is 0 Å². The summed E-state index contributed by atoms with van der Waals surface area (Å²) in [5.41, 5.74) is 3.51. The van der Waals surface area contributed by atoms with Gasteiger partial charge in [-0.25, -0.2) is 0 Å². The largest absolute Gasteiger partial charge is 0.495 e. The maximum Gasteiger partial charge on any atom is 0.256 e. The molecule has 2 aromatic rings. The Labute approximate surface area is 175 Å². The highest BCUT2D eigenvalue weighted by molar-refractivity contribution is 8.38. The van der Waals surface area contributed by atoms with Gasteiger partial charge in [-0.15, -0.1) is 0 Å². The summed E-state index contributed by atoms with van der Waals surface area (Å²) < 4.78 is 6.56. The van der Waals surface area contributed by atoms with Crippen molar-refractivity contribution in [2.24, 2.45) is 4.99 Å². The van der Waals surface area contributed by atoms with E-state index in [1.54, 1.807) is 30.6 Å². The molecule has 0 aliphatic carbocycles. The van der Waals surface area contributed by atoms with Crippen LogP contribution in [0.1, 0.15) is 42.3 Å². The first-order valence-electron chi connectivity index (χ1n) is 9.26. The number of carbonyl (C=O) groups excluding carboxylic acids is 1. The smallest absolute Gasteiger partial charge is 0.256 e. The van der Waals surface area contributed by atoms with Gasteiger partial charge in [0, 0.05) is 17.1 Å². The van der Waals surface area contributed by atoms with Gasteiger partial charge in [0.25, 0.3) is 5.91 Å². The van der Waals surface area contributed by atoms with E-state index in [1.807, 2.05) is 42.5 Å². The van der Waals surface area contributed by atoms with Crippen molar-refractivity contribution in [3.63, 3.8) is 0 Å². The Morgan fingerprint density at radius 2 is 2.04 bits per heavy atom. The molecule has 1 amide bonds. The number of thioether (sulfide) groups is 2. The minimum atomic E-state index is -0.124. The number of ether oxygens (including phenoxy) is 1. The first-order valence-corrected chi connectivity index (χ1v) is 11.2. The van der Waals surface area contributed by atoms with Crippen molar-refractivity contribution in [3.05, 3.63) is 59.2 Å². The molecule has 1 aliphatic heterocycles. The second-order valence-corrected chi connectivity index (χ2v) is 9.87. The monoisotopic (exact) mass is 414 g/mol. The molecule has 0 radical (unpaired) electrons. The average molecular weight is 415 g/mol. The highest BCUT2D eigenvalue weighted by atomic mass is 32.2. The molecule has 0 saturated heterocycles. The third-order valence-electron chi connectivity index (χ3n) is 4.48. The molecule has 0 saturated carbocycles. The van der Waals surface area contributed by atoms with Crippen LogP contribution in [0, 0.1) is 0 Å². The highest BCUT2D eigenvalue weighted by Gasteiger charge is 2.19. The molecule has 1 aliphatic rings. The van der Waals surface area contributed by atoms with Gasteiger partial charge in [-0.05, 0) is 34.7 Å². The van der Waals surface area contributed by atoms with Gasteiger partial charge in [-0.3, -0.25) is 9.79 Å². The number of hydrogen-bond donors (Lipinski definition) is 1. The summed E-state index contributed by atoms with van der Waals surface area (Å²) in [6, 6.07) is 13.7. The minimum absolute atomic E-state index is 0.0139. The predicted molar refractivity (Wildman–Crippen MR) is 122 cm³/mol. The van der Waals surface area contributed by atoms with Crippen LogP contribution < -0.4 is 10.1 Å². The third kappa shape index (κ3) is 5.11. The number of aliphatic imine (C=N–C) groups is 1. The fourth-order valence-electron chi connectivity index (χ4n) is 2.87. The molecule has 0 aromatic heterocycles. The van der Waals surface area contributed by atoms with Crippen LogP contribution >= 0.6 is 23.5 Å². The first kappa shape index (κ1) is 20.8. The van der Waals surface area contributed by atoms with E-state index >= 15 is 0 Å². The Morgan fingerprint density at radius 3 is 2.71 bits per heavy atom. The maximum atomic E-state index is 13.0. The lowest BCUT2D eigenvalue weighted by molar-refractivity contribution is 0.102. The van der Waals surface area contributed by atoms with Gasteiger partial charge in [0.2, 0.25) is 0 Å². The number of hydrogen-bond acceptors (Lipinski definition) is 5. The van der Waals surface area contributed by atoms with E-state index in [2.05, 4.69) is 31.1 Å². The van der Waals surface area contributed by atoms with E-state index in [-0.39, 0.29) is 11.3 Å². The van der Waals surface area contributed by atoms with Crippen LogP contribution in [-0.2, 0) is 11.2 Å². The zero-order valence-electron chi connectivity index (χ0n) is 16.7. The van der Waals surface area contributed by atoms with Crippen LogP contribution in [0.5, 0.6) is 5.75 Å². The first-order chi connectivity index (χ1) is 13.4. The molecule has 0 spiro atoms. The lowest BCUT2D eigenvalue weighted by Gasteiger charge is -2.21. The van der Waals surface area contributed by atoms with Crippen molar-refractivity contribution in [2.45, 2.75) is 31.9 Å². The fraction of sp³-hybridized carbons (Fsp3) is 0.364. The molecular weight excluding hydrogens is 388 g/mol. The summed E-state index contributed by atoms with van der Waals surface area (Å²) in [4.78, 5) is 17.5. The van der Waals surface area contributed by atoms with E-state index in [0.717, 1.165) is 33.6 Å². The highest BCUT2D eigenvalue weighted by Crippen LogP contribution is 2.32. The van der Waals surface area contributed by atoms with Gasteiger partial charge < -0.3 is 10.1 Å². The predicted octanol–water partition coefficient (Wildman–Crippen LogP) is 5.58. The van der Waals surface area contributed by atoms with Gasteiger partial charge in [0.1, 0.15) is 10.1 Å². The average Bonchev–Trinajstić information content (AvgIpc) is 3.19. The fourth-order valence-corrected chi connectivity index (χ4v) is 4.88. The standard InChI is InChI=1S/C22H26N2O2S2/c1-22(2,3)16-9-10-19(26-4)18(13-16)24-20(25)17-8-6-5-7-15(17)14-28-21-23-11-12-27-21/h5-10,13H,11-12,14H2,1-4H3,(H,24,25). The van der Waals surface area contributed by atoms with Crippen molar-refractivity contribution in [1.29, 1.82) is 0 Å². The van der Waals surface area contributed by atoms with Crippen molar-refractivity contribution >= 4 is 39.5 Å². The van der Waals surface area contributed by atoms with Crippen LogP contribution in [0.3, 0.4) is 0 Å². The van der Waals surface area contributed by atoms with Crippen molar-refractivity contribution in [2.75, 3.05) is 24.7 Å². The van der Waals surface area contributed by atoms with E-state index < -0.39 is 0 Å². The molecular formula is C22H26N2O2S2. The topological polar surface area (TPSA) is 50.7 Å². The zero-order chi connectivity index (χ0) is 20.1. The molecule has 0 atom stereocenters. The number of nitrogens with one attached hydrogen (secondary N) is 1. The zero-order valence-corrected chi connectivity index (χ0v) is 18.4. The van der Waals surface area contributed by atoms with Crippen molar-refractivity contribution in [3.8, 4) is 5.75 Å². The molecule has 0 bridgehead atoms. The molecule has 1 N–H and O–H groups in total. The summed E-state index contributed by atoms with van der Waals surface area (Å²) in [5.74, 6) is 2.31. The summed E-state index contributed by atoms with van der Waals surface area (Å²) in [6.07, 6.45) is 0. The van der Waals surface area contributed by atoms with E-state index in [9.17, 15) is 4.79 Å². The SMILES string of the molecule is COc1ccc(C(C)(C)C)cc1NC(=O)c1ccccc1CSC1=NCCS1. The molecule has 0 fully saturated rings. The Morgan fingerprint density at radius 1 is 1.25 bits per heavy atom. The Bertz CT molecular complexity index is 888. The molecule has 0 unspecified atom stereocenters. The molecule has 6 heteroatoms. The quantitative estimate of drug-likeness (QED) is 0.694. The number of methoxy groups -OCH3 is 1. The summed E-state index contributed by atoms with van der Waals surface area (Å²) >= 11 is 3.48. The number of anilines is 1. The number of benzene rings is 2. The Kier molecular flexibility index (Phi) is 6.73. The second-order valence-electron chi connectivity index (χ2n) is 7.56. The maximum absolute atomic E-state index is 13.0. The Hall–Kier alpha value is -1.92. The molecule has 2 aromatic carbocycles. The molecule has 28 heavy (non-hydrogen) atoms. The molecule has 148 valence electrons. The van der Waals surface area contributed by atoms with E-state index in [1.165, 1.54) is 0 Å². The van der Waals surface area contributed by atoms with Gasteiger partial charge in [-0.2, -0.15) is 0 Å².